The molecule has 0 amide bonds. The van der Waals surface area contributed by atoms with Gasteiger partial charge in [0.25, 0.3) is 0 Å². The molecule has 0 aromatic heterocycles. The molecule has 2 rings (SSSR count). The molecule has 27 heavy (non-hydrogen) atoms. The van der Waals surface area contributed by atoms with Crippen molar-refractivity contribution in [3.63, 3.8) is 0 Å². The van der Waals surface area contributed by atoms with E-state index in [2.05, 4.69) is 0 Å². The number of rotatable bonds is 7. The minimum absolute atomic E-state index is 0.0319. The van der Waals surface area contributed by atoms with Crippen LogP contribution in [-0.4, -0.2) is 46.0 Å². The van der Waals surface area contributed by atoms with Crippen molar-refractivity contribution in [2.24, 2.45) is 5.73 Å². The molecule has 0 spiro atoms. The molecule has 144 valence electrons. The van der Waals surface area contributed by atoms with Crippen molar-refractivity contribution in [1.29, 1.82) is 0 Å². The summed E-state index contributed by atoms with van der Waals surface area (Å²) in [6.07, 6.45) is -0.589. The Balaban J connectivity index is 1.80. The average molecular weight is 375 g/mol. The number of esters is 2. The molecular weight excluding hydrogens is 354 g/mol. The van der Waals surface area contributed by atoms with E-state index in [-0.39, 0.29) is 35.8 Å². The molecule has 8 nitrogen and oxygen atoms in total. The second kappa shape index (κ2) is 8.91. The fourth-order valence-corrected chi connectivity index (χ4v) is 2.22. The van der Waals surface area contributed by atoms with E-state index in [9.17, 15) is 24.9 Å². The maximum Gasteiger partial charge on any atom is 0.338 e. The van der Waals surface area contributed by atoms with Crippen molar-refractivity contribution in [2.75, 3.05) is 6.61 Å². The topological polar surface area (TPSA) is 139 Å². The molecule has 5 N–H and O–H groups in total. The number of carbonyl (C=O) groups is 2. The molecule has 2 atom stereocenters. The summed E-state index contributed by atoms with van der Waals surface area (Å²) in [5.74, 6) is -1.83. The molecule has 0 heterocycles. The molecule has 0 aliphatic heterocycles. The lowest BCUT2D eigenvalue weighted by Crippen LogP contribution is -2.36. The first-order valence-electron chi connectivity index (χ1n) is 8.19. The predicted molar refractivity (Wildman–Crippen MR) is 95.4 cm³/mol. The minimum atomic E-state index is -0.978. The van der Waals surface area contributed by atoms with Gasteiger partial charge in [0.1, 0.15) is 24.5 Å². The molecule has 0 radical (unpaired) electrons. The van der Waals surface area contributed by atoms with Gasteiger partial charge < -0.3 is 30.5 Å². The van der Waals surface area contributed by atoms with Gasteiger partial charge in [0.2, 0.25) is 0 Å². The van der Waals surface area contributed by atoms with E-state index in [1.165, 1.54) is 42.5 Å². The van der Waals surface area contributed by atoms with Gasteiger partial charge in [-0.25, -0.2) is 4.79 Å². The van der Waals surface area contributed by atoms with Crippen molar-refractivity contribution in [3.8, 4) is 17.2 Å². The van der Waals surface area contributed by atoms with E-state index in [0.29, 0.717) is 5.56 Å². The monoisotopic (exact) mass is 375 g/mol. The normalized spacial score (nSPS) is 12.8. The summed E-state index contributed by atoms with van der Waals surface area (Å²) in [7, 11) is 0. The molecule has 2 aromatic carbocycles. The van der Waals surface area contributed by atoms with Crippen molar-refractivity contribution in [1.82, 2.24) is 0 Å². The number of benzene rings is 2. The van der Waals surface area contributed by atoms with Gasteiger partial charge in [-0.1, -0.05) is 6.07 Å². The Bertz CT molecular complexity index is 804. The summed E-state index contributed by atoms with van der Waals surface area (Å²) in [4.78, 5) is 23.9. The molecule has 8 heteroatoms. The second-order valence-corrected chi connectivity index (χ2v) is 6.03. The van der Waals surface area contributed by atoms with Crippen LogP contribution in [0.2, 0.25) is 0 Å². The van der Waals surface area contributed by atoms with Crippen LogP contribution in [0.1, 0.15) is 22.8 Å². The third-order valence-corrected chi connectivity index (χ3v) is 3.67. The Labute approximate surface area is 155 Å². The van der Waals surface area contributed by atoms with Gasteiger partial charge in [0.15, 0.2) is 11.5 Å². The smallest absolute Gasteiger partial charge is 0.338 e. The lowest BCUT2D eigenvalue weighted by Gasteiger charge is -2.16. The van der Waals surface area contributed by atoms with E-state index in [0.717, 1.165) is 0 Å². The average Bonchev–Trinajstić information content (AvgIpc) is 2.63. The quantitative estimate of drug-likeness (QED) is 0.421. The number of ether oxygens (including phenoxy) is 2. The largest absolute Gasteiger partial charge is 0.508 e. The van der Waals surface area contributed by atoms with Crippen LogP contribution >= 0.6 is 0 Å². The Morgan fingerprint density at radius 3 is 2.33 bits per heavy atom. The summed E-state index contributed by atoms with van der Waals surface area (Å²) < 4.78 is 10.2. The van der Waals surface area contributed by atoms with Gasteiger partial charge in [-0.05, 0) is 55.3 Å². The molecule has 2 aromatic rings. The van der Waals surface area contributed by atoms with Gasteiger partial charge in [-0.3, -0.25) is 4.79 Å². The molecule has 0 aliphatic carbocycles. The van der Waals surface area contributed by atoms with Crippen LogP contribution in [0, 0.1) is 0 Å². The zero-order valence-corrected chi connectivity index (χ0v) is 14.7. The molecule has 1 unspecified atom stereocenters. The molecule has 0 bridgehead atoms. The van der Waals surface area contributed by atoms with Crippen molar-refractivity contribution in [2.45, 2.75) is 25.5 Å². The number of hydrogen-bond donors (Lipinski definition) is 4. The number of nitrogens with two attached hydrogens (primary N) is 1. The van der Waals surface area contributed by atoms with Gasteiger partial charge in [0.05, 0.1) is 5.56 Å². The maximum atomic E-state index is 12.0. The highest BCUT2D eigenvalue weighted by atomic mass is 16.6. The number of phenols is 3. The molecule has 0 saturated carbocycles. The Morgan fingerprint density at radius 1 is 1.04 bits per heavy atom. The van der Waals surface area contributed by atoms with Crippen LogP contribution < -0.4 is 5.73 Å². The SMILES string of the molecule is CC(COC(=O)[C@@H](N)Cc1ccc(O)c(O)c1)OC(=O)c1ccc(O)cc1. The third-order valence-electron chi connectivity index (χ3n) is 3.67. The van der Waals surface area contributed by atoms with Crippen LogP contribution in [0.25, 0.3) is 0 Å². The highest BCUT2D eigenvalue weighted by Gasteiger charge is 2.19. The summed E-state index contributed by atoms with van der Waals surface area (Å²) in [6.45, 7) is 1.40. The zero-order chi connectivity index (χ0) is 20.0. The van der Waals surface area contributed by atoms with Gasteiger partial charge in [0, 0.05) is 0 Å². The van der Waals surface area contributed by atoms with Gasteiger partial charge in [-0.2, -0.15) is 0 Å². The molecular formula is C19H21NO7. The van der Waals surface area contributed by atoms with E-state index in [1.807, 2.05) is 0 Å². The first-order valence-corrected chi connectivity index (χ1v) is 8.19. The lowest BCUT2D eigenvalue weighted by molar-refractivity contribution is -0.148. The summed E-state index contributed by atoms with van der Waals surface area (Å²) >= 11 is 0. The van der Waals surface area contributed by atoms with Crippen LogP contribution in [0.4, 0.5) is 0 Å². The van der Waals surface area contributed by atoms with Crippen LogP contribution in [0.3, 0.4) is 0 Å². The number of phenolic OH excluding ortho intramolecular Hbond substituents is 3. The highest BCUT2D eigenvalue weighted by Crippen LogP contribution is 2.25. The molecule has 0 fully saturated rings. The second-order valence-electron chi connectivity index (χ2n) is 6.03. The van der Waals surface area contributed by atoms with Crippen molar-refractivity contribution in [3.05, 3.63) is 53.6 Å². The van der Waals surface area contributed by atoms with Crippen molar-refractivity contribution < 1.29 is 34.4 Å². The summed E-state index contributed by atoms with van der Waals surface area (Å²) in [5, 5.41) is 27.9. The first kappa shape index (κ1) is 20.1. The van der Waals surface area contributed by atoms with Crippen LogP contribution in [0.15, 0.2) is 42.5 Å². The third kappa shape index (κ3) is 5.89. The van der Waals surface area contributed by atoms with Gasteiger partial charge >= 0.3 is 11.9 Å². The van der Waals surface area contributed by atoms with E-state index in [1.54, 1.807) is 6.92 Å². The predicted octanol–water partition coefficient (Wildman–Crippen LogP) is 1.46. The Morgan fingerprint density at radius 2 is 1.70 bits per heavy atom. The number of carbonyl (C=O) groups excluding carboxylic acids is 2. The van der Waals surface area contributed by atoms with E-state index in [4.69, 9.17) is 15.2 Å². The van der Waals surface area contributed by atoms with E-state index < -0.39 is 24.1 Å². The minimum Gasteiger partial charge on any atom is -0.508 e. The fourth-order valence-electron chi connectivity index (χ4n) is 2.22. The Hall–Kier alpha value is -3.26. The summed E-state index contributed by atoms with van der Waals surface area (Å²) in [6, 6.07) is 8.72. The van der Waals surface area contributed by atoms with Crippen molar-refractivity contribution >= 4 is 11.9 Å². The summed E-state index contributed by atoms with van der Waals surface area (Å²) in [5.41, 5.74) is 6.60. The molecule has 0 saturated heterocycles. The Kier molecular flexibility index (Phi) is 6.62. The highest BCUT2D eigenvalue weighted by molar-refractivity contribution is 5.89. The van der Waals surface area contributed by atoms with Crippen LogP contribution in [0.5, 0.6) is 17.2 Å². The van der Waals surface area contributed by atoms with Gasteiger partial charge in [-0.15, -0.1) is 0 Å². The standard InChI is InChI=1S/C19H21NO7/c1-11(27-18(24)13-3-5-14(21)6-4-13)10-26-19(25)15(20)8-12-2-7-16(22)17(23)9-12/h2-7,9,11,15,21-23H,8,10,20H2,1H3/t11?,15-/m0/s1. The number of aromatic hydroxyl groups is 3. The maximum absolute atomic E-state index is 12.0. The lowest BCUT2D eigenvalue weighted by atomic mass is 10.1. The van der Waals surface area contributed by atoms with Crippen LogP contribution in [-0.2, 0) is 20.7 Å². The first-order chi connectivity index (χ1) is 12.8. The number of hydrogen-bond acceptors (Lipinski definition) is 8. The fraction of sp³-hybridized carbons (Fsp3) is 0.263. The zero-order valence-electron chi connectivity index (χ0n) is 14.7. The van der Waals surface area contributed by atoms with E-state index >= 15 is 0 Å². The molecule has 0 aliphatic rings.